The number of hydrogen-bond acceptors (Lipinski definition) is 8. The lowest BCUT2D eigenvalue weighted by atomic mass is 9.93. The number of aromatic nitrogens is 4. The highest BCUT2D eigenvalue weighted by molar-refractivity contribution is 6.33. The molecule has 0 aliphatic carbocycles. The minimum atomic E-state index is 0.408. The molecule has 0 unspecified atom stereocenters. The third-order valence-corrected chi connectivity index (χ3v) is 23.2. The molecule has 0 aliphatic rings. The van der Waals surface area contributed by atoms with Crippen molar-refractivity contribution >= 4 is 175 Å². The van der Waals surface area contributed by atoms with E-state index in [9.17, 15) is 21.0 Å². The monoisotopic (exact) mass is 1430 g/mol. The predicted molar refractivity (Wildman–Crippen MR) is 448 cm³/mol. The quantitative estimate of drug-likeness (QED) is 0.152. The van der Waals surface area contributed by atoms with Crippen LogP contribution < -0.4 is 0 Å². The van der Waals surface area contributed by atoms with E-state index >= 15 is 0 Å². The molecule has 0 atom stereocenters. The number of nitriles is 4. The molecule has 0 amide bonds. The topological polar surface area (TPSA) is 167 Å². The summed E-state index contributed by atoms with van der Waals surface area (Å²) in [6.45, 7) is 0. The van der Waals surface area contributed by atoms with Crippen molar-refractivity contribution in [3.05, 3.63) is 326 Å². The van der Waals surface area contributed by atoms with Crippen molar-refractivity contribution in [3.63, 3.8) is 0 Å². The van der Waals surface area contributed by atoms with Gasteiger partial charge in [0.25, 0.3) is 0 Å². The molecular weight excluding hydrogens is 1380 g/mol. The number of benzene rings is 16. The Morgan fingerprint density at radius 3 is 1.09 bits per heavy atom. The maximum Gasteiger partial charge on any atom is 0.160 e. The van der Waals surface area contributed by atoms with Crippen molar-refractivity contribution in [2.24, 2.45) is 0 Å². The summed E-state index contributed by atoms with van der Waals surface area (Å²) in [6, 6.07) is 113. The van der Waals surface area contributed by atoms with E-state index in [2.05, 4.69) is 212 Å². The molecule has 0 bridgehead atoms. The van der Waals surface area contributed by atoms with Crippen LogP contribution in [0.25, 0.3) is 231 Å². The molecule has 8 aromatic heterocycles. The summed E-state index contributed by atoms with van der Waals surface area (Å²) < 4.78 is 37.8. The van der Waals surface area contributed by atoms with E-state index in [1.165, 1.54) is 0 Å². The average Bonchev–Trinajstić information content (AvgIpc) is 1.53. The SMILES string of the molecule is N#Cc1cccc(-c2c(-n3c4ccccc4c4ccc5c6ccccc6oc5c43)cc(C#N)cc2-n2c3ccccc3c3cc(-c4cc5c6ccccc6n(-c6cc(C#N)cc(-n7c8ccccc8c8ccc9oc%10ccccc%10c9c87)c6-c6cccc(C#N)c6)c5c5c4oc4ccccc45)c4c5ccccc5oc4c32)c1. The van der Waals surface area contributed by atoms with Gasteiger partial charge in [-0.1, -0.05) is 176 Å². The fourth-order valence-electron chi connectivity index (χ4n) is 18.7. The molecule has 0 radical (unpaired) electrons. The first kappa shape index (κ1) is 61.1. The van der Waals surface area contributed by atoms with E-state index < -0.39 is 0 Å². The van der Waals surface area contributed by atoms with E-state index in [4.69, 9.17) is 17.7 Å². The van der Waals surface area contributed by atoms with Crippen LogP contribution in [0.15, 0.2) is 321 Å². The van der Waals surface area contributed by atoms with Gasteiger partial charge >= 0.3 is 0 Å². The van der Waals surface area contributed by atoms with E-state index in [1.54, 1.807) is 0 Å². The second-order valence-electron chi connectivity index (χ2n) is 28.9. The number of hydrogen-bond donors (Lipinski definition) is 0. The van der Waals surface area contributed by atoms with Gasteiger partial charge in [0.2, 0.25) is 0 Å². The van der Waals surface area contributed by atoms with E-state index in [-0.39, 0.29) is 0 Å². The Balaban J connectivity index is 0.829. The summed E-state index contributed by atoms with van der Waals surface area (Å²) in [5.74, 6) is 0. The molecule has 12 heteroatoms. The van der Waals surface area contributed by atoms with Crippen LogP contribution in [0.2, 0.25) is 0 Å². The number of para-hydroxylation sites is 8. The highest BCUT2D eigenvalue weighted by Crippen LogP contribution is 2.54. The van der Waals surface area contributed by atoms with Gasteiger partial charge in [-0.05, 0) is 144 Å². The molecule has 0 aliphatic heterocycles. The Kier molecular flexibility index (Phi) is 12.4. The van der Waals surface area contributed by atoms with Crippen molar-refractivity contribution in [2.75, 3.05) is 0 Å². The Labute approximate surface area is 634 Å². The Bertz CT molecular complexity index is 8600. The number of rotatable bonds is 7. The molecule has 12 nitrogen and oxygen atoms in total. The Morgan fingerprint density at radius 2 is 0.571 bits per heavy atom. The third kappa shape index (κ3) is 8.22. The first-order valence-electron chi connectivity index (χ1n) is 37.0. The Hall–Kier alpha value is -16.1. The van der Waals surface area contributed by atoms with Gasteiger partial charge in [0, 0.05) is 92.1 Å². The molecule has 0 saturated carbocycles. The molecule has 0 saturated heterocycles. The summed E-state index contributed by atoms with van der Waals surface area (Å²) in [7, 11) is 0. The summed E-state index contributed by atoms with van der Waals surface area (Å²) in [5, 5.41) is 59.9. The van der Waals surface area contributed by atoms with Crippen LogP contribution in [0.1, 0.15) is 22.3 Å². The van der Waals surface area contributed by atoms with Crippen LogP contribution in [-0.2, 0) is 0 Å². The lowest BCUT2D eigenvalue weighted by Gasteiger charge is -2.21. The molecule has 514 valence electrons. The second kappa shape index (κ2) is 22.7. The molecule has 24 rings (SSSR count). The zero-order valence-corrected chi connectivity index (χ0v) is 59.1. The molecule has 0 fully saturated rings. The maximum atomic E-state index is 11.7. The fraction of sp³-hybridized carbons (Fsp3) is 0. The summed E-state index contributed by atoms with van der Waals surface area (Å²) in [6.07, 6.45) is 0. The molecule has 24 aromatic rings. The zero-order chi connectivity index (χ0) is 73.9. The van der Waals surface area contributed by atoms with Crippen LogP contribution in [0.3, 0.4) is 0 Å². The minimum Gasteiger partial charge on any atom is -0.456 e. The van der Waals surface area contributed by atoms with Crippen molar-refractivity contribution in [1.82, 2.24) is 18.3 Å². The highest BCUT2D eigenvalue weighted by Gasteiger charge is 2.33. The van der Waals surface area contributed by atoms with Crippen molar-refractivity contribution in [2.45, 2.75) is 0 Å². The van der Waals surface area contributed by atoms with Gasteiger partial charge in [0.1, 0.15) is 33.5 Å². The van der Waals surface area contributed by atoms with Crippen LogP contribution >= 0.6 is 0 Å². The van der Waals surface area contributed by atoms with Crippen LogP contribution in [0.5, 0.6) is 0 Å². The van der Waals surface area contributed by atoms with Gasteiger partial charge in [0.05, 0.1) is 124 Å². The molecule has 0 spiro atoms. The first-order chi connectivity index (χ1) is 55.4. The van der Waals surface area contributed by atoms with E-state index in [0.717, 1.165) is 186 Å². The molecule has 0 N–H and O–H groups in total. The van der Waals surface area contributed by atoms with Crippen molar-refractivity contribution in [1.29, 1.82) is 21.0 Å². The Morgan fingerprint density at radius 1 is 0.214 bits per heavy atom. The number of furan rings is 4. The zero-order valence-electron chi connectivity index (χ0n) is 59.1. The van der Waals surface area contributed by atoms with Crippen LogP contribution in [0.4, 0.5) is 0 Å². The smallest absolute Gasteiger partial charge is 0.160 e. The predicted octanol–water partition coefficient (Wildman–Crippen LogP) is 26.2. The molecule has 8 heterocycles. The number of fused-ring (bicyclic) bond motifs is 28. The number of nitrogens with zero attached hydrogens (tertiary/aromatic N) is 8. The molecule has 112 heavy (non-hydrogen) atoms. The first-order valence-corrected chi connectivity index (χ1v) is 37.0. The summed E-state index contributed by atoms with van der Waals surface area (Å²) >= 11 is 0. The van der Waals surface area contributed by atoms with Gasteiger partial charge in [-0.25, -0.2) is 0 Å². The van der Waals surface area contributed by atoms with Crippen LogP contribution in [0, 0.1) is 45.3 Å². The van der Waals surface area contributed by atoms with Crippen LogP contribution in [-0.4, -0.2) is 18.3 Å². The van der Waals surface area contributed by atoms with Gasteiger partial charge in [0.15, 0.2) is 11.2 Å². The normalized spacial score (nSPS) is 12.1. The average molecular weight is 1430 g/mol. The van der Waals surface area contributed by atoms with Gasteiger partial charge in [-0.2, -0.15) is 21.0 Å². The van der Waals surface area contributed by atoms with Gasteiger partial charge < -0.3 is 35.9 Å². The van der Waals surface area contributed by atoms with Crippen molar-refractivity contribution < 1.29 is 17.7 Å². The van der Waals surface area contributed by atoms with E-state index in [1.807, 2.05) is 133 Å². The molecular formula is C100H50N8O4. The molecule has 16 aromatic carbocycles. The summed E-state index contributed by atoms with van der Waals surface area (Å²) in [4.78, 5) is 0. The standard InChI is InChI=1S/C100H50N8O4/c101-51-55-19-17-21-59(43-55)89-80(105-76-31-9-1-23-61(76)66-41-42-88-92(94(66)105)70-29-7-14-36-85(70)109-88)45-57(53-103)46-81(89)106-78-33-11-3-25-63(78)73-50-75(98-93(95(73)106)71-30-8-16-38-87(71)110-98)72-49-74-64-26-4-12-34-79(64)108(97(74)100-91(72)69-28-6-15-37-86(69)112-100)83-48-58(54-104)47-82(90(83)60-22-18-20-56(44-60)52-102)107-77-32-10-2-24-62(77)67-39-40-68-65-27-5-13-35-84(65)111-99(68)96(67)107/h1-50H. The fourth-order valence-corrected chi connectivity index (χ4v) is 18.7. The van der Waals surface area contributed by atoms with Gasteiger partial charge in [-0.15, -0.1) is 0 Å². The third-order valence-electron chi connectivity index (χ3n) is 23.2. The van der Waals surface area contributed by atoms with Crippen molar-refractivity contribution in [3.8, 4) is 80.4 Å². The minimum absolute atomic E-state index is 0.408. The lowest BCUT2D eigenvalue weighted by Crippen LogP contribution is -2.05. The highest BCUT2D eigenvalue weighted by atomic mass is 16.3. The largest absolute Gasteiger partial charge is 0.456 e. The maximum absolute atomic E-state index is 11.7. The van der Waals surface area contributed by atoms with Gasteiger partial charge in [-0.3, -0.25) is 0 Å². The second-order valence-corrected chi connectivity index (χ2v) is 28.9. The van der Waals surface area contributed by atoms with E-state index in [0.29, 0.717) is 67.2 Å². The lowest BCUT2D eigenvalue weighted by molar-refractivity contribution is 0.669. The summed E-state index contributed by atoms with van der Waals surface area (Å²) in [5.41, 5.74) is 21.9.